The fourth-order valence-electron chi connectivity index (χ4n) is 0.975. The molecule has 0 radical (unpaired) electrons. The number of aliphatic carboxylic acids is 1. The van der Waals surface area contributed by atoms with Crippen LogP contribution in [0.15, 0.2) is 42.5 Å². The summed E-state index contributed by atoms with van der Waals surface area (Å²) in [5.74, 6) is -0.568. The van der Waals surface area contributed by atoms with Gasteiger partial charge in [0.05, 0.1) is 0 Å². The van der Waals surface area contributed by atoms with Crippen LogP contribution in [-0.2, 0) is 4.79 Å². The third-order valence-corrected chi connectivity index (χ3v) is 2.03. The van der Waals surface area contributed by atoms with Crippen molar-refractivity contribution in [1.29, 1.82) is 0 Å². The number of aryl methyl sites for hydroxylation is 2. The van der Waals surface area contributed by atoms with E-state index in [1.807, 2.05) is 26.8 Å². The van der Waals surface area contributed by atoms with E-state index in [0.29, 0.717) is 5.75 Å². The molecule has 2 N–H and O–H groups in total. The Balaban J connectivity index is 0.000000304. The van der Waals surface area contributed by atoms with Crippen LogP contribution in [0, 0.1) is 13.8 Å². The fourth-order valence-corrected chi connectivity index (χ4v) is 0.975. The summed E-state index contributed by atoms with van der Waals surface area (Å²) in [6.45, 7) is 5.83. The number of hydrogen-bond acceptors (Lipinski definition) is 2. The third-order valence-electron chi connectivity index (χ3n) is 2.03. The molecule has 3 heteroatoms. The smallest absolute Gasteiger partial charge is 0.328 e. The van der Waals surface area contributed by atoms with Crippen molar-refractivity contribution in [2.75, 3.05) is 0 Å². The molecule has 0 spiro atoms. The van der Waals surface area contributed by atoms with Crippen LogP contribution in [0.25, 0.3) is 0 Å². The Morgan fingerprint density at radius 3 is 2.24 bits per heavy atom. The molecule has 0 saturated heterocycles. The van der Waals surface area contributed by atoms with E-state index >= 15 is 0 Å². The first kappa shape index (κ1) is 15.0. The average molecular weight is 234 g/mol. The molecule has 1 aromatic rings. The van der Waals surface area contributed by atoms with E-state index in [1.165, 1.54) is 11.6 Å². The maximum atomic E-state index is 9.75. The minimum atomic E-state index is -0.914. The van der Waals surface area contributed by atoms with E-state index in [0.717, 1.165) is 11.6 Å². The van der Waals surface area contributed by atoms with Crippen molar-refractivity contribution in [2.45, 2.75) is 20.8 Å². The number of carboxylic acids is 1. The Morgan fingerprint density at radius 1 is 1.18 bits per heavy atom. The molecule has 17 heavy (non-hydrogen) atoms. The van der Waals surface area contributed by atoms with Crippen LogP contribution in [-0.4, -0.2) is 16.2 Å². The predicted molar refractivity (Wildman–Crippen MR) is 69.2 cm³/mol. The summed E-state index contributed by atoms with van der Waals surface area (Å²) in [6, 6.07) is 5.36. The van der Waals surface area contributed by atoms with Crippen molar-refractivity contribution in [1.82, 2.24) is 0 Å². The summed E-state index contributed by atoms with van der Waals surface area (Å²) in [5, 5.41) is 17.0. The minimum absolute atomic E-state index is 0.345. The standard InChI is InChI=1S/C8H10O.C6H8O2/c1-6-3-4-8(9)5-7(6)2;1-2-3-4-5-6(7)8/h3-5,9H,1-2H3;2-5H,1H3,(H,7,8)/b;3-2+,5-4+. The predicted octanol–water partition coefficient (Wildman–Crippen LogP) is 3.21. The monoisotopic (exact) mass is 234 g/mol. The summed E-state index contributed by atoms with van der Waals surface area (Å²) in [7, 11) is 0. The topological polar surface area (TPSA) is 57.5 Å². The van der Waals surface area contributed by atoms with E-state index in [-0.39, 0.29) is 0 Å². The number of phenols is 1. The Labute approximate surface area is 102 Å². The maximum absolute atomic E-state index is 9.75. The number of carboxylic acid groups (broad SMARTS) is 1. The quantitative estimate of drug-likeness (QED) is 0.610. The molecule has 0 fully saturated rings. The van der Waals surface area contributed by atoms with Gasteiger partial charge in [0.1, 0.15) is 5.75 Å². The molecule has 1 aromatic carbocycles. The number of phenolic OH excluding ortho intramolecular Hbond substituents is 1. The normalized spacial score (nSPS) is 10.3. The van der Waals surface area contributed by atoms with Crippen molar-refractivity contribution >= 4 is 5.97 Å². The van der Waals surface area contributed by atoms with Crippen molar-refractivity contribution in [2.24, 2.45) is 0 Å². The summed E-state index contributed by atoms with van der Waals surface area (Å²) >= 11 is 0. The second-order valence-corrected chi connectivity index (χ2v) is 3.49. The van der Waals surface area contributed by atoms with Gasteiger partial charge in [-0.3, -0.25) is 0 Å². The first-order valence-corrected chi connectivity index (χ1v) is 5.26. The molecular formula is C14H18O3. The van der Waals surface area contributed by atoms with Crippen LogP contribution < -0.4 is 0 Å². The summed E-state index contributed by atoms with van der Waals surface area (Å²) < 4.78 is 0. The number of benzene rings is 1. The zero-order valence-corrected chi connectivity index (χ0v) is 10.3. The Hall–Kier alpha value is -2.03. The molecule has 0 aliphatic rings. The highest BCUT2D eigenvalue weighted by atomic mass is 16.4. The van der Waals surface area contributed by atoms with E-state index in [2.05, 4.69) is 0 Å². The number of aromatic hydroxyl groups is 1. The van der Waals surface area contributed by atoms with Gasteiger partial charge in [-0.25, -0.2) is 4.79 Å². The molecule has 3 nitrogen and oxygen atoms in total. The Morgan fingerprint density at radius 2 is 1.82 bits per heavy atom. The average Bonchev–Trinajstić information content (AvgIpc) is 2.25. The summed E-state index contributed by atoms with van der Waals surface area (Å²) in [4.78, 5) is 9.75. The zero-order valence-electron chi connectivity index (χ0n) is 10.3. The van der Waals surface area contributed by atoms with Crippen LogP contribution in [0.4, 0.5) is 0 Å². The summed E-state index contributed by atoms with van der Waals surface area (Å²) in [5.41, 5.74) is 2.35. The lowest BCUT2D eigenvalue weighted by Crippen LogP contribution is -1.83. The van der Waals surface area contributed by atoms with Crippen molar-refractivity contribution in [3.05, 3.63) is 53.6 Å². The molecule has 0 saturated carbocycles. The Bertz CT molecular complexity index is 417. The Kier molecular flexibility index (Phi) is 7.19. The van der Waals surface area contributed by atoms with Gasteiger partial charge in [0.25, 0.3) is 0 Å². The van der Waals surface area contributed by atoms with E-state index in [9.17, 15) is 4.79 Å². The lowest BCUT2D eigenvalue weighted by Gasteiger charge is -1.97. The molecule has 0 heterocycles. The largest absolute Gasteiger partial charge is 0.508 e. The van der Waals surface area contributed by atoms with Crippen LogP contribution >= 0.6 is 0 Å². The fraction of sp³-hybridized carbons (Fsp3) is 0.214. The minimum Gasteiger partial charge on any atom is -0.508 e. The van der Waals surface area contributed by atoms with Crippen LogP contribution in [0.5, 0.6) is 5.75 Å². The van der Waals surface area contributed by atoms with Crippen LogP contribution in [0.1, 0.15) is 18.1 Å². The first-order valence-electron chi connectivity index (χ1n) is 5.26. The highest BCUT2D eigenvalue weighted by Crippen LogP contribution is 2.13. The molecule has 0 aromatic heterocycles. The van der Waals surface area contributed by atoms with Gasteiger partial charge in [-0.15, -0.1) is 0 Å². The van der Waals surface area contributed by atoms with E-state index in [4.69, 9.17) is 10.2 Å². The summed E-state index contributed by atoms with van der Waals surface area (Å²) in [6.07, 6.45) is 5.98. The molecule has 92 valence electrons. The van der Waals surface area contributed by atoms with Gasteiger partial charge in [0.2, 0.25) is 0 Å². The molecule has 0 aliphatic heterocycles. The molecule has 0 unspecified atom stereocenters. The van der Waals surface area contributed by atoms with Gasteiger partial charge in [0.15, 0.2) is 0 Å². The van der Waals surface area contributed by atoms with E-state index in [1.54, 1.807) is 24.3 Å². The van der Waals surface area contributed by atoms with Gasteiger partial charge >= 0.3 is 5.97 Å². The highest BCUT2D eigenvalue weighted by molar-refractivity contribution is 5.80. The van der Waals surface area contributed by atoms with Crippen molar-refractivity contribution < 1.29 is 15.0 Å². The van der Waals surface area contributed by atoms with Gasteiger partial charge < -0.3 is 10.2 Å². The molecule has 1 rings (SSSR count). The SMILES string of the molecule is C/C=C/C=C/C(=O)O.Cc1ccc(O)cc1C. The maximum Gasteiger partial charge on any atom is 0.328 e. The van der Waals surface area contributed by atoms with Gasteiger partial charge in [-0.2, -0.15) is 0 Å². The molecule has 0 aliphatic carbocycles. The number of allylic oxidation sites excluding steroid dienone is 3. The zero-order chi connectivity index (χ0) is 13.3. The van der Waals surface area contributed by atoms with Crippen LogP contribution in [0.2, 0.25) is 0 Å². The lowest BCUT2D eigenvalue weighted by molar-refractivity contribution is -0.131. The van der Waals surface area contributed by atoms with Crippen molar-refractivity contribution in [3.8, 4) is 5.75 Å². The van der Waals surface area contributed by atoms with Gasteiger partial charge in [-0.1, -0.05) is 24.3 Å². The molecule has 0 atom stereocenters. The molecule has 0 bridgehead atoms. The first-order chi connectivity index (χ1) is 7.97. The number of rotatable bonds is 2. The second kappa shape index (κ2) is 8.16. The lowest BCUT2D eigenvalue weighted by atomic mass is 10.1. The van der Waals surface area contributed by atoms with Crippen molar-refractivity contribution in [3.63, 3.8) is 0 Å². The molecule has 0 amide bonds. The van der Waals surface area contributed by atoms with Crippen LogP contribution in [0.3, 0.4) is 0 Å². The van der Waals surface area contributed by atoms with Gasteiger partial charge in [0, 0.05) is 6.08 Å². The highest BCUT2D eigenvalue weighted by Gasteiger charge is 1.90. The second-order valence-electron chi connectivity index (χ2n) is 3.49. The number of carbonyl (C=O) groups is 1. The third kappa shape index (κ3) is 7.85. The van der Waals surface area contributed by atoms with Gasteiger partial charge in [-0.05, 0) is 44.0 Å². The van der Waals surface area contributed by atoms with E-state index < -0.39 is 5.97 Å². The number of hydrogen-bond donors (Lipinski definition) is 2. The molecular weight excluding hydrogens is 216 g/mol.